The van der Waals surface area contributed by atoms with Gasteiger partial charge in [0.2, 0.25) is 12.4 Å². The maximum atomic E-state index is 14.7. The molecule has 11 heteroatoms. The number of anilines is 2. The summed E-state index contributed by atoms with van der Waals surface area (Å²) in [5, 5.41) is 2.25. The number of rotatable bonds is 6. The van der Waals surface area contributed by atoms with Crippen molar-refractivity contribution in [3.63, 3.8) is 0 Å². The van der Waals surface area contributed by atoms with Crippen LogP contribution < -0.4 is 15.8 Å². The molecule has 0 saturated heterocycles. The number of ether oxygens (including phenoxy) is 1. The molecule has 2 aromatic heterocycles. The largest absolute Gasteiger partial charge is 0.484 e. The number of alkyl halides is 3. The molecule has 2 heterocycles. The van der Waals surface area contributed by atoms with Crippen LogP contribution in [-0.4, -0.2) is 34.1 Å². The number of carbonyl (C=O) groups excluding carboxylic acids is 1. The molecule has 0 fully saturated rings. The first-order valence-electron chi connectivity index (χ1n) is 8.05. The van der Waals surface area contributed by atoms with Crippen molar-refractivity contribution in [3.8, 4) is 28.3 Å². The lowest BCUT2D eigenvalue weighted by atomic mass is 10.1. The molecule has 3 rings (SSSR count). The molecule has 0 aliphatic heterocycles. The number of nitrogens with one attached hydrogen (secondary N) is 1. The Balaban J connectivity index is 1.98. The number of nitrogens with zero attached hydrogens (tertiary/aromatic N) is 3. The van der Waals surface area contributed by atoms with E-state index in [0.717, 1.165) is 0 Å². The van der Waals surface area contributed by atoms with E-state index in [1.807, 2.05) is 0 Å². The third-order valence-electron chi connectivity index (χ3n) is 3.67. The second-order valence-electron chi connectivity index (χ2n) is 5.74. The van der Waals surface area contributed by atoms with Gasteiger partial charge in [-0.2, -0.15) is 13.2 Å². The van der Waals surface area contributed by atoms with E-state index in [4.69, 9.17) is 5.73 Å². The predicted octanol–water partition coefficient (Wildman–Crippen LogP) is 3.44. The minimum atomic E-state index is -4.46. The number of pyridine rings is 1. The van der Waals surface area contributed by atoms with Gasteiger partial charge in [0.1, 0.15) is 11.4 Å². The van der Waals surface area contributed by atoms with E-state index in [9.17, 15) is 22.4 Å². The summed E-state index contributed by atoms with van der Waals surface area (Å²) in [5.74, 6) is -0.808. The number of nitrogen functional groups attached to an aromatic ring is 1. The fourth-order valence-corrected chi connectivity index (χ4v) is 2.38. The third kappa shape index (κ3) is 4.94. The Morgan fingerprint density at radius 3 is 2.34 bits per heavy atom. The molecule has 3 N–H and O–H groups in total. The molecule has 0 atom stereocenters. The summed E-state index contributed by atoms with van der Waals surface area (Å²) < 4.78 is 56.1. The molecule has 29 heavy (non-hydrogen) atoms. The lowest BCUT2D eigenvalue weighted by molar-refractivity contribution is -0.153. The number of carbonyl (C=O) groups is 1. The Kier molecular flexibility index (Phi) is 5.57. The van der Waals surface area contributed by atoms with Crippen molar-refractivity contribution in [1.82, 2.24) is 15.0 Å². The molecule has 0 aliphatic carbocycles. The van der Waals surface area contributed by atoms with E-state index in [-0.39, 0.29) is 34.3 Å². The molecule has 7 nitrogen and oxygen atoms in total. The van der Waals surface area contributed by atoms with Gasteiger partial charge in [0.15, 0.2) is 12.4 Å². The van der Waals surface area contributed by atoms with Crippen molar-refractivity contribution in [2.45, 2.75) is 6.18 Å². The van der Waals surface area contributed by atoms with Gasteiger partial charge in [0.25, 0.3) is 0 Å². The predicted molar refractivity (Wildman–Crippen MR) is 96.3 cm³/mol. The topological polar surface area (TPSA) is 103 Å². The summed E-state index contributed by atoms with van der Waals surface area (Å²) in [7, 11) is 0. The van der Waals surface area contributed by atoms with Gasteiger partial charge in [0.05, 0.1) is 11.4 Å². The van der Waals surface area contributed by atoms with Crippen LogP contribution >= 0.6 is 0 Å². The highest BCUT2D eigenvalue weighted by molar-refractivity contribution is 5.79. The van der Waals surface area contributed by atoms with Crippen LogP contribution in [0.3, 0.4) is 0 Å². The van der Waals surface area contributed by atoms with Gasteiger partial charge in [-0.15, -0.1) is 0 Å². The zero-order valence-corrected chi connectivity index (χ0v) is 14.6. The maximum absolute atomic E-state index is 14.7. The highest BCUT2D eigenvalue weighted by Gasteiger charge is 2.28. The molecular formula is C18H13F4N5O2. The summed E-state index contributed by atoms with van der Waals surface area (Å²) >= 11 is 0. The lowest BCUT2D eigenvalue weighted by Gasteiger charge is -2.12. The van der Waals surface area contributed by atoms with Crippen LogP contribution in [-0.2, 0) is 4.79 Å². The molecule has 0 aliphatic rings. The van der Waals surface area contributed by atoms with Gasteiger partial charge in [-0.3, -0.25) is 4.79 Å². The van der Waals surface area contributed by atoms with Gasteiger partial charge >= 0.3 is 6.18 Å². The van der Waals surface area contributed by atoms with Crippen molar-refractivity contribution < 1.29 is 27.1 Å². The van der Waals surface area contributed by atoms with E-state index in [1.165, 1.54) is 42.7 Å². The number of benzene rings is 1. The number of amides is 1. The Labute approximate surface area is 161 Å². The molecule has 0 unspecified atom stereocenters. The van der Waals surface area contributed by atoms with Crippen LogP contribution in [0.15, 0.2) is 42.7 Å². The summed E-state index contributed by atoms with van der Waals surface area (Å²) in [6.45, 7) is -1.42. The van der Waals surface area contributed by atoms with E-state index in [1.54, 1.807) is 0 Å². The molecule has 1 aromatic carbocycles. The third-order valence-corrected chi connectivity index (χ3v) is 3.67. The SMILES string of the molecule is Nc1ncc(-c2nc(-c3ccc(OCC(F)(F)F)cc3)cc(NC=O)c2F)cn1. The van der Waals surface area contributed by atoms with Crippen LogP contribution in [0, 0.1) is 5.82 Å². The van der Waals surface area contributed by atoms with Crippen molar-refractivity contribution >= 4 is 18.0 Å². The highest BCUT2D eigenvalue weighted by Crippen LogP contribution is 2.31. The minimum Gasteiger partial charge on any atom is -0.484 e. The highest BCUT2D eigenvalue weighted by atomic mass is 19.4. The van der Waals surface area contributed by atoms with E-state index in [2.05, 4.69) is 25.0 Å². The number of hydrogen-bond acceptors (Lipinski definition) is 6. The molecule has 150 valence electrons. The second kappa shape index (κ2) is 8.09. The number of aromatic nitrogens is 3. The first-order chi connectivity index (χ1) is 13.8. The van der Waals surface area contributed by atoms with Gasteiger partial charge in [-0.1, -0.05) is 0 Å². The number of nitrogens with two attached hydrogens (primary N) is 1. The Morgan fingerprint density at radius 2 is 1.76 bits per heavy atom. The van der Waals surface area contributed by atoms with Crippen molar-refractivity contribution in [1.29, 1.82) is 0 Å². The van der Waals surface area contributed by atoms with Crippen LogP contribution in [0.1, 0.15) is 0 Å². The van der Waals surface area contributed by atoms with Crippen LogP contribution in [0.2, 0.25) is 0 Å². The number of hydrogen-bond donors (Lipinski definition) is 2. The minimum absolute atomic E-state index is 0.00610. The fraction of sp³-hybridized carbons (Fsp3) is 0.111. The monoisotopic (exact) mass is 407 g/mol. The van der Waals surface area contributed by atoms with Crippen LogP contribution in [0.5, 0.6) is 5.75 Å². The second-order valence-corrected chi connectivity index (χ2v) is 5.74. The molecule has 1 amide bonds. The van der Waals surface area contributed by atoms with Crippen LogP contribution in [0.4, 0.5) is 29.2 Å². The van der Waals surface area contributed by atoms with Gasteiger partial charge in [-0.05, 0) is 30.3 Å². The Bertz CT molecular complexity index is 1010. The maximum Gasteiger partial charge on any atom is 0.422 e. The quantitative estimate of drug-likeness (QED) is 0.479. The Hall–Kier alpha value is -3.76. The average Bonchev–Trinajstić information content (AvgIpc) is 2.69. The van der Waals surface area contributed by atoms with Gasteiger partial charge in [0, 0.05) is 23.5 Å². The fourth-order valence-electron chi connectivity index (χ4n) is 2.38. The standard InChI is InChI=1S/C18H13F4N5O2/c19-15-14(26-9-28)5-13(27-16(15)11-6-24-17(23)25-7-11)10-1-3-12(4-2-10)29-8-18(20,21)22/h1-7,9H,8H2,(H2,23,24,25)(H,26,27,28). The van der Waals surface area contributed by atoms with Crippen molar-refractivity contribution in [3.05, 3.63) is 48.5 Å². The summed E-state index contributed by atoms with van der Waals surface area (Å²) in [6, 6.07) is 6.85. The zero-order valence-electron chi connectivity index (χ0n) is 14.6. The van der Waals surface area contributed by atoms with Crippen molar-refractivity contribution in [2.24, 2.45) is 0 Å². The summed E-state index contributed by atoms with van der Waals surface area (Å²) in [4.78, 5) is 22.6. The molecule has 3 aromatic rings. The first kappa shape index (κ1) is 20.0. The van der Waals surface area contributed by atoms with Gasteiger partial charge < -0.3 is 15.8 Å². The molecule has 0 radical (unpaired) electrons. The molecule has 0 bridgehead atoms. The Morgan fingerprint density at radius 1 is 1.10 bits per heavy atom. The zero-order chi connectivity index (χ0) is 21.0. The number of halogens is 4. The van der Waals surface area contributed by atoms with Gasteiger partial charge in [-0.25, -0.2) is 19.3 Å². The molecule has 0 spiro atoms. The average molecular weight is 407 g/mol. The summed E-state index contributed by atoms with van der Waals surface area (Å²) in [5.41, 5.74) is 6.08. The van der Waals surface area contributed by atoms with E-state index < -0.39 is 18.6 Å². The van der Waals surface area contributed by atoms with Crippen molar-refractivity contribution in [2.75, 3.05) is 17.7 Å². The first-order valence-corrected chi connectivity index (χ1v) is 8.05. The smallest absolute Gasteiger partial charge is 0.422 e. The van der Waals surface area contributed by atoms with E-state index >= 15 is 0 Å². The lowest BCUT2D eigenvalue weighted by Crippen LogP contribution is -2.19. The molecular weight excluding hydrogens is 394 g/mol. The van der Waals surface area contributed by atoms with Crippen LogP contribution in [0.25, 0.3) is 22.5 Å². The molecule has 0 saturated carbocycles. The summed E-state index contributed by atoms with van der Waals surface area (Å²) in [6.07, 6.45) is -1.60. The van der Waals surface area contributed by atoms with E-state index in [0.29, 0.717) is 12.0 Å². The normalized spacial score (nSPS) is 11.2.